The second-order valence-electron chi connectivity index (χ2n) is 7.10. The zero-order valence-corrected chi connectivity index (χ0v) is 15.5. The Morgan fingerprint density at radius 3 is 2.27 bits per heavy atom. The number of hydrogen-bond acceptors (Lipinski definition) is 2. The number of amides is 2. The van der Waals surface area contributed by atoms with Crippen LogP contribution in [0.3, 0.4) is 0 Å². The fourth-order valence-electron chi connectivity index (χ4n) is 3.48. The predicted molar refractivity (Wildman–Crippen MR) is 104 cm³/mol. The molecule has 1 heterocycles. The first-order valence-corrected chi connectivity index (χ1v) is 9.26. The first-order chi connectivity index (χ1) is 12.6. The molecular formula is C22H26N2O2. The zero-order chi connectivity index (χ0) is 18.5. The maximum absolute atomic E-state index is 13.2. The van der Waals surface area contributed by atoms with E-state index in [0.29, 0.717) is 19.5 Å². The molecule has 2 aromatic carbocycles. The van der Waals surface area contributed by atoms with Gasteiger partial charge in [-0.3, -0.25) is 9.59 Å². The lowest BCUT2D eigenvalue weighted by Gasteiger charge is -2.26. The lowest BCUT2D eigenvalue weighted by atomic mass is 10.1. The van der Waals surface area contributed by atoms with E-state index in [1.54, 1.807) is 0 Å². The Bertz CT molecular complexity index is 743. The van der Waals surface area contributed by atoms with Crippen molar-refractivity contribution in [2.45, 2.75) is 32.7 Å². The summed E-state index contributed by atoms with van der Waals surface area (Å²) in [5.41, 5.74) is 2.09. The summed E-state index contributed by atoms with van der Waals surface area (Å²) < 4.78 is 0. The summed E-state index contributed by atoms with van der Waals surface area (Å²) in [5, 5.41) is 0. The first kappa shape index (κ1) is 18.2. The van der Waals surface area contributed by atoms with Crippen molar-refractivity contribution in [3.63, 3.8) is 0 Å². The van der Waals surface area contributed by atoms with E-state index < -0.39 is 0 Å². The Kier molecular flexibility index (Phi) is 5.71. The molecule has 4 nitrogen and oxygen atoms in total. The van der Waals surface area contributed by atoms with Crippen molar-refractivity contribution in [2.24, 2.45) is 5.92 Å². The molecule has 1 fully saturated rings. The standard InChI is InChI=1S/C22H26N2O2/c1-17(2)24-16-19(15-21(24)25)22(26)23(20-11-7-4-8-12-20)14-13-18-9-5-3-6-10-18/h3-12,17,19H,13-16H2,1-2H3. The number of carbonyl (C=O) groups is 2. The van der Waals surface area contributed by atoms with Crippen LogP contribution in [-0.2, 0) is 16.0 Å². The molecule has 1 aliphatic rings. The van der Waals surface area contributed by atoms with E-state index in [2.05, 4.69) is 12.1 Å². The lowest BCUT2D eigenvalue weighted by Crippen LogP contribution is -2.39. The van der Waals surface area contributed by atoms with Gasteiger partial charge in [0.2, 0.25) is 11.8 Å². The molecule has 3 rings (SSSR count). The molecule has 2 aromatic rings. The normalized spacial score (nSPS) is 17.0. The van der Waals surface area contributed by atoms with Crippen LogP contribution in [0.1, 0.15) is 25.8 Å². The zero-order valence-electron chi connectivity index (χ0n) is 15.5. The fraction of sp³-hybridized carbons (Fsp3) is 0.364. The molecular weight excluding hydrogens is 324 g/mol. The van der Waals surface area contributed by atoms with Crippen LogP contribution >= 0.6 is 0 Å². The monoisotopic (exact) mass is 350 g/mol. The van der Waals surface area contributed by atoms with Gasteiger partial charge in [-0.15, -0.1) is 0 Å². The van der Waals surface area contributed by atoms with Crippen LogP contribution in [0.5, 0.6) is 0 Å². The summed E-state index contributed by atoms with van der Waals surface area (Å²) in [6, 6.07) is 20.1. The summed E-state index contributed by atoms with van der Waals surface area (Å²) >= 11 is 0. The highest BCUT2D eigenvalue weighted by Gasteiger charge is 2.37. The van der Waals surface area contributed by atoms with Crippen LogP contribution < -0.4 is 4.90 Å². The molecule has 136 valence electrons. The molecule has 0 bridgehead atoms. The van der Waals surface area contributed by atoms with Gasteiger partial charge >= 0.3 is 0 Å². The number of hydrogen-bond donors (Lipinski definition) is 0. The smallest absolute Gasteiger partial charge is 0.232 e. The summed E-state index contributed by atoms with van der Waals surface area (Å²) in [4.78, 5) is 29.1. The molecule has 1 atom stereocenters. The van der Waals surface area contributed by atoms with Crippen molar-refractivity contribution >= 4 is 17.5 Å². The third kappa shape index (κ3) is 4.13. The molecule has 1 unspecified atom stereocenters. The third-order valence-corrected chi connectivity index (χ3v) is 4.93. The average Bonchev–Trinajstić information content (AvgIpc) is 3.05. The predicted octanol–water partition coefficient (Wildman–Crippen LogP) is 3.52. The number of anilines is 1. The Hall–Kier alpha value is -2.62. The molecule has 1 saturated heterocycles. The summed E-state index contributed by atoms with van der Waals surface area (Å²) in [7, 11) is 0. The van der Waals surface area contributed by atoms with E-state index in [1.165, 1.54) is 5.56 Å². The van der Waals surface area contributed by atoms with E-state index in [9.17, 15) is 9.59 Å². The van der Waals surface area contributed by atoms with Crippen molar-refractivity contribution in [3.8, 4) is 0 Å². The highest BCUT2D eigenvalue weighted by molar-refractivity contribution is 5.99. The van der Waals surface area contributed by atoms with Gasteiger partial charge in [-0.2, -0.15) is 0 Å². The van der Waals surface area contributed by atoms with Crippen molar-refractivity contribution in [1.82, 2.24) is 4.90 Å². The summed E-state index contributed by atoms with van der Waals surface area (Å²) in [5.74, 6) is -0.140. The molecule has 0 aliphatic carbocycles. The Morgan fingerprint density at radius 1 is 1.08 bits per heavy atom. The van der Waals surface area contributed by atoms with Crippen LogP contribution in [0.25, 0.3) is 0 Å². The maximum atomic E-state index is 13.2. The van der Waals surface area contributed by atoms with E-state index in [1.807, 2.05) is 72.2 Å². The second kappa shape index (κ2) is 8.17. The van der Waals surface area contributed by atoms with Gasteiger partial charge in [0.15, 0.2) is 0 Å². The Balaban J connectivity index is 1.77. The minimum Gasteiger partial charge on any atom is -0.339 e. The van der Waals surface area contributed by atoms with Gasteiger partial charge in [0.25, 0.3) is 0 Å². The quantitative estimate of drug-likeness (QED) is 0.800. The fourth-order valence-corrected chi connectivity index (χ4v) is 3.48. The van der Waals surface area contributed by atoms with Gasteiger partial charge in [-0.1, -0.05) is 48.5 Å². The van der Waals surface area contributed by atoms with Crippen molar-refractivity contribution < 1.29 is 9.59 Å². The first-order valence-electron chi connectivity index (χ1n) is 9.26. The van der Waals surface area contributed by atoms with Gasteiger partial charge in [-0.05, 0) is 38.0 Å². The topological polar surface area (TPSA) is 40.6 Å². The van der Waals surface area contributed by atoms with Crippen LogP contribution in [0, 0.1) is 5.92 Å². The minimum atomic E-state index is -0.263. The van der Waals surface area contributed by atoms with Gasteiger partial charge in [0.05, 0.1) is 5.92 Å². The third-order valence-electron chi connectivity index (χ3n) is 4.93. The van der Waals surface area contributed by atoms with Gasteiger partial charge in [0.1, 0.15) is 0 Å². The Labute approximate surface area is 155 Å². The molecule has 1 aliphatic heterocycles. The number of carbonyl (C=O) groups excluding carboxylic acids is 2. The SMILES string of the molecule is CC(C)N1CC(C(=O)N(CCc2ccccc2)c2ccccc2)CC1=O. The molecule has 0 radical (unpaired) electrons. The molecule has 26 heavy (non-hydrogen) atoms. The molecule has 0 spiro atoms. The van der Waals surface area contributed by atoms with E-state index >= 15 is 0 Å². The highest BCUT2D eigenvalue weighted by Crippen LogP contribution is 2.25. The molecule has 0 aromatic heterocycles. The summed E-state index contributed by atoms with van der Waals surface area (Å²) in [6.07, 6.45) is 1.10. The number of para-hydroxylation sites is 1. The molecule has 4 heteroatoms. The molecule has 0 saturated carbocycles. The van der Waals surface area contributed by atoms with Gasteiger partial charge < -0.3 is 9.80 Å². The van der Waals surface area contributed by atoms with Crippen molar-refractivity contribution in [3.05, 3.63) is 66.2 Å². The maximum Gasteiger partial charge on any atom is 0.232 e. The average molecular weight is 350 g/mol. The number of rotatable bonds is 6. The Morgan fingerprint density at radius 2 is 1.69 bits per heavy atom. The van der Waals surface area contributed by atoms with E-state index in [-0.39, 0.29) is 23.8 Å². The van der Waals surface area contributed by atoms with Gasteiger partial charge in [0, 0.05) is 31.2 Å². The van der Waals surface area contributed by atoms with Gasteiger partial charge in [-0.25, -0.2) is 0 Å². The molecule has 2 amide bonds. The minimum absolute atomic E-state index is 0.0450. The van der Waals surface area contributed by atoms with Crippen molar-refractivity contribution in [1.29, 1.82) is 0 Å². The van der Waals surface area contributed by atoms with Crippen LogP contribution in [0.4, 0.5) is 5.69 Å². The van der Waals surface area contributed by atoms with Crippen LogP contribution in [-0.4, -0.2) is 35.8 Å². The summed E-state index contributed by atoms with van der Waals surface area (Å²) in [6.45, 7) is 5.12. The number of benzene rings is 2. The largest absolute Gasteiger partial charge is 0.339 e. The second-order valence-corrected chi connectivity index (χ2v) is 7.10. The van der Waals surface area contributed by atoms with E-state index in [4.69, 9.17) is 0 Å². The molecule has 0 N–H and O–H groups in total. The lowest BCUT2D eigenvalue weighted by molar-refractivity contribution is -0.129. The highest BCUT2D eigenvalue weighted by atomic mass is 16.2. The number of likely N-dealkylation sites (tertiary alicyclic amines) is 1. The van der Waals surface area contributed by atoms with Crippen molar-refractivity contribution in [2.75, 3.05) is 18.0 Å². The van der Waals surface area contributed by atoms with E-state index in [0.717, 1.165) is 12.1 Å². The van der Waals surface area contributed by atoms with Crippen LogP contribution in [0.2, 0.25) is 0 Å². The number of nitrogens with zero attached hydrogens (tertiary/aromatic N) is 2. The van der Waals surface area contributed by atoms with Crippen LogP contribution in [0.15, 0.2) is 60.7 Å².